The molecule has 0 spiro atoms. The number of carbonyl (C=O) groups excluding carboxylic acids is 1. The lowest BCUT2D eigenvalue weighted by molar-refractivity contribution is 0.0960. The standard InChI is InChI=1S/C22H12Cl2F2N2O/c23-16-5-4-10(25)6-15(16)21-20-12(2-1-3-13(20)22(29)28-21)19-9-14-17(24)7-11(26)8-18(14)27-19/h1-9,21,27H,(H,28,29). The molecule has 5 rings (SSSR count). The molecular formula is C22H12Cl2F2N2O. The van der Waals surface area contributed by atoms with E-state index in [1.807, 2.05) is 6.07 Å². The molecule has 0 bridgehead atoms. The SMILES string of the molecule is O=C1NC(c2cc(F)ccc2Cl)c2c1cccc2-c1cc2c(Cl)cc(F)cc2[nH]1. The summed E-state index contributed by atoms with van der Waals surface area (Å²) in [6.07, 6.45) is 0. The first-order valence-corrected chi connectivity index (χ1v) is 9.55. The first-order chi connectivity index (χ1) is 13.9. The highest BCUT2D eigenvalue weighted by molar-refractivity contribution is 6.35. The van der Waals surface area contributed by atoms with Gasteiger partial charge in [-0.3, -0.25) is 4.79 Å². The summed E-state index contributed by atoms with van der Waals surface area (Å²) in [6, 6.07) is 13.2. The predicted molar refractivity (Wildman–Crippen MR) is 109 cm³/mol. The van der Waals surface area contributed by atoms with Crippen molar-refractivity contribution in [3.8, 4) is 11.3 Å². The van der Waals surface area contributed by atoms with Gasteiger partial charge in [0, 0.05) is 38.4 Å². The van der Waals surface area contributed by atoms with Crippen LogP contribution in [0.15, 0.2) is 54.6 Å². The highest BCUT2D eigenvalue weighted by Crippen LogP contribution is 2.41. The van der Waals surface area contributed by atoms with E-state index in [0.717, 1.165) is 5.56 Å². The van der Waals surface area contributed by atoms with Gasteiger partial charge in [-0.2, -0.15) is 0 Å². The number of H-pyrrole nitrogens is 1. The molecule has 0 aliphatic carbocycles. The van der Waals surface area contributed by atoms with Gasteiger partial charge in [0.1, 0.15) is 11.6 Å². The Bertz CT molecular complexity index is 1320. The molecule has 7 heteroatoms. The Labute approximate surface area is 174 Å². The lowest BCUT2D eigenvalue weighted by Gasteiger charge is -2.17. The largest absolute Gasteiger partial charge is 0.354 e. The van der Waals surface area contributed by atoms with Crippen molar-refractivity contribution >= 4 is 40.0 Å². The maximum atomic E-state index is 13.9. The van der Waals surface area contributed by atoms with Gasteiger partial charge >= 0.3 is 0 Å². The Morgan fingerprint density at radius 1 is 0.862 bits per heavy atom. The van der Waals surface area contributed by atoms with Crippen molar-refractivity contribution in [3.63, 3.8) is 0 Å². The number of aromatic nitrogens is 1. The van der Waals surface area contributed by atoms with E-state index in [4.69, 9.17) is 23.2 Å². The monoisotopic (exact) mass is 428 g/mol. The third kappa shape index (κ3) is 2.89. The van der Waals surface area contributed by atoms with Crippen molar-refractivity contribution in [2.75, 3.05) is 0 Å². The molecule has 1 atom stereocenters. The molecule has 4 aromatic rings. The Morgan fingerprint density at radius 3 is 2.48 bits per heavy atom. The molecule has 1 unspecified atom stereocenters. The zero-order valence-corrected chi connectivity index (χ0v) is 16.2. The fraction of sp³-hybridized carbons (Fsp3) is 0.0455. The molecule has 1 amide bonds. The molecule has 0 radical (unpaired) electrons. The van der Waals surface area contributed by atoms with Gasteiger partial charge in [0.25, 0.3) is 5.91 Å². The highest BCUT2D eigenvalue weighted by Gasteiger charge is 2.34. The molecule has 3 aromatic carbocycles. The van der Waals surface area contributed by atoms with Crippen molar-refractivity contribution in [3.05, 3.63) is 93.0 Å². The van der Waals surface area contributed by atoms with Crippen molar-refractivity contribution < 1.29 is 13.6 Å². The lowest BCUT2D eigenvalue weighted by Crippen LogP contribution is -2.20. The Kier molecular flexibility index (Phi) is 4.12. The second-order valence-corrected chi connectivity index (χ2v) is 7.69. The van der Waals surface area contributed by atoms with Crippen LogP contribution in [0, 0.1) is 11.6 Å². The summed E-state index contributed by atoms with van der Waals surface area (Å²) in [7, 11) is 0. The first-order valence-electron chi connectivity index (χ1n) is 8.79. The summed E-state index contributed by atoms with van der Waals surface area (Å²) in [4.78, 5) is 15.7. The molecule has 2 N–H and O–H groups in total. The van der Waals surface area contributed by atoms with Gasteiger partial charge in [0.05, 0.1) is 16.6 Å². The number of aromatic amines is 1. The minimum Gasteiger partial charge on any atom is -0.354 e. The summed E-state index contributed by atoms with van der Waals surface area (Å²) >= 11 is 12.5. The van der Waals surface area contributed by atoms with E-state index in [1.54, 1.807) is 18.2 Å². The molecule has 3 nitrogen and oxygen atoms in total. The Morgan fingerprint density at radius 2 is 1.66 bits per heavy atom. The van der Waals surface area contributed by atoms with Crippen LogP contribution in [0.1, 0.15) is 27.5 Å². The Balaban J connectivity index is 1.74. The second kappa shape index (κ2) is 6.58. The zero-order chi connectivity index (χ0) is 20.3. The van der Waals surface area contributed by atoms with Gasteiger partial charge in [-0.25, -0.2) is 8.78 Å². The number of fused-ring (bicyclic) bond motifs is 2. The highest BCUT2D eigenvalue weighted by atomic mass is 35.5. The van der Waals surface area contributed by atoms with Gasteiger partial charge in [-0.1, -0.05) is 35.3 Å². The van der Waals surface area contributed by atoms with Crippen LogP contribution in [-0.2, 0) is 0 Å². The van der Waals surface area contributed by atoms with Crippen LogP contribution >= 0.6 is 23.2 Å². The summed E-state index contributed by atoms with van der Waals surface area (Å²) in [6.45, 7) is 0. The number of hydrogen-bond donors (Lipinski definition) is 2. The van der Waals surface area contributed by atoms with E-state index >= 15 is 0 Å². The maximum Gasteiger partial charge on any atom is 0.252 e. The Hall–Kier alpha value is -2.89. The predicted octanol–water partition coefficient (Wildman–Crippen LogP) is 6.25. The van der Waals surface area contributed by atoms with Gasteiger partial charge in [-0.05, 0) is 42.5 Å². The quantitative estimate of drug-likeness (QED) is 0.389. The third-order valence-electron chi connectivity index (χ3n) is 5.13. The average molecular weight is 429 g/mol. The smallest absolute Gasteiger partial charge is 0.252 e. The minimum absolute atomic E-state index is 0.271. The molecule has 144 valence electrons. The molecule has 1 aromatic heterocycles. The van der Waals surface area contributed by atoms with Crippen LogP contribution in [0.5, 0.6) is 0 Å². The molecule has 0 saturated heterocycles. The first kappa shape index (κ1) is 18.2. The molecule has 29 heavy (non-hydrogen) atoms. The minimum atomic E-state index is -0.615. The van der Waals surface area contributed by atoms with Crippen molar-refractivity contribution in [1.29, 1.82) is 0 Å². The summed E-state index contributed by atoms with van der Waals surface area (Å²) < 4.78 is 27.6. The normalized spacial score (nSPS) is 15.6. The van der Waals surface area contributed by atoms with Crippen LogP contribution in [0.4, 0.5) is 8.78 Å². The van der Waals surface area contributed by atoms with Crippen LogP contribution in [0.25, 0.3) is 22.2 Å². The molecule has 2 heterocycles. The average Bonchev–Trinajstić information content (AvgIpc) is 3.25. The molecular weight excluding hydrogens is 417 g/mol. The van der Waals surface area contributed by atoms with E-state index in [0.29, 0.717) is 38.3 Å². The number of hydrogen-bond acceptors (Lipinski definition) is 1. The van der Waals surface area contributed by atoms with Crippen LogP contribution < -0.4 is 5.32 Å². The molecule has 0 saturated carbocycles. The number of carbonyl (C=O) groups is 1. The van der Waals surface area contributed by atoms with E-state index < -0.39 is 17.7 Å². The molecule has 0 fully saturated rings. The fourth-order valence-electron chi connectivity index (χ4n) is 3.86. The van der Waals surface area contributed by atoms with Crippen molar-refractivity contribution in [2.24, 2.45) is 0 Å². The van der Waals surface area contributed by atoms with Crippen molar-refractivity contribution in [2.45, 2.75) is 6.04 Å². The number of nitrogens with one attached hydrogen (secondary N) is 2. The maximum absolute atomic E-state index is 13.9. The number of amides is 1. The number of benzene rings is 3. The number of rotatable bonds is 2. The molecule has 1 aliphatic heterocycles. The van der Waals surface area contributed by atoms with Gasteiger partial charge in [0.15, 0.2) is 0 Å². The van der Waals surface area contributed by atoms with E-state index in [9.17, 15) is 13.6 Å². The van der Waals surface area contributed by atoms with E-state index in [2.05, 4.69) is 10.3 Å². The summed E-state index contributed by atoms with van der Waals surface area (Å²) in [5.74, 6) is -1.17. The van der Waals surface area contributed by atoms with Crippen LogP contribution in [0.2, 0.25) is 10.0 Å². The van der Waals surface area contributed by atoms with E-state index in [1.165, 1.54) is 30.3 Å². The number of halogens is 4. The topological polar surface area (TPSA) is 44.9 Å². The van der Waals surface area contributed by atoms with E-state index in [-0.39, 0.29) is 10.9 Å². The zero-order valence-electron chi connectivity index (χ0n) is 14.7. The third-order valence-corrected chi connectivity index (χ3v) is 5.78. The van der Waals surface area contributed by atoms with Crippen molar-refractivity contribution in [1.82, 2.24) is 10.3 Å². The van der Waals surface area contributed by atoms with Gasteiger partial charge in [-0.15, -0.1) is 0 Å². The lowest BCUT2D eigenvalue weighted by atomic mass is 9.92. The summed E-state index contributed by atoms with van der Waals surface area (Å²) in [5, 5.41) is 4.18. The van der Waals surface area contributed by atoms with Crippen LogP contribution in [0.3, 0.4) is 0 Å². The molecule has 1 aliphatic rings. The van der Waals surface area contributed by atoms with Gasteiger partial charge < -0.3 is 10.3 Å². The fourth-order valence-corrected chi connectivity index (χ4v) is 4.35. The van der Waals surface area contributed by atoms with Gasteiger partial charge in [0.2, 0.25) is 0 Å². The summed E-state index contributed by atoms with van der Waals surface area (Å²) in [5.41, 5.74) is 3.54. The second-order valence-electron chi connectivity index (χ2n) is 6.87. The van der Waals surface area contributed by atoms with Crippen LogP contribution in [-0.4, -0.2) is 10.9 Å².